The molecule has 0 aliphatic heterocycles. The van der Waals surface area contributed by atoms with Gasteiger partial charge in [0.15, 0.2) is 0 Å². The lowest BCUT2D eigenvalue weighted by molar-refractivity contribution is 0.761. The molecule has 0 saturated heterocycles. The molecule has 0 N–H and O–H groups in total. The molecule has 2 aromatic rings. The van der Waals surface area contributed by atoms with E-state index in [4.69, 9.17) is 0 Å². The number of nitrogens with zero attached hydrogens (tertiary/aromatic N) is 2. The molecule has 0 heterocycles. The van der Waals surface area contributed by atoms with Crippen molar-refractivity contribution in [3.05, 3.63) is 71.8 Å². The van der Waals surface area contributed by atoms with Crippen LogP contribution in [0.25, 0.3) is 0 Å². The molecule has 86 valence electrons. The first kappa shape index (κ1) is 11.9. The topological polar surface area (TPSA) is 47.6 Å². The summed E-state index contributed by atoms with van der Waals surface area (Å²) in [6.45, 7) is 0. The van der Waals surface area contributed by atoms with Crippen molar-refractivity contribution in [3.8, 4) is 12.1 Å². The lowest BCUT2D eigenvalue weighted by Gasteiger charge is -2.15. The number of nitriles is 2. The summed E-state index contributed by atoms with van der Waals surface area (Å²) in [5.41, 5.74) is 1.77. The second kappa shape index (κ2) is 5.66. The van der Waals surface area contributed by atoms with Gasteiger partial charge in [-0.2, -0.15) is 10.5 Å². The zero-order valence-corrected chi connectivity index (χ0v) is 9.82. The van der Waals surface area contributed by atoms with E-state index in [2.05, 4.69) is 12.1 Å². The minimum absolute atomic E-state index is 0.432. The third kappa shape index (κ3) is 2.39. The van der Waals surface area contributed by atoms with Crippen LogP contribution >= 0.6 is 0 Å². The van der Waals surface area contributed by atoms with Crippen LogP contribution in [0.5, 0.6) is 0 Å². The van der Waals surface area contributed by atoms with Gasteiger partial charge in [0.1, 0.15) is 0 Å². The van der Waals surface area contributed by atoms with Gasteiger partial charge in [-0.25, -0.2) is 0 Å². The predicted molar refractivity (Wildman–Crippen MR) is 69.6 cm³/mol. The third-order valence-electron chi connectivity index (χ3n) is 2.93. The Hall–Kier alpha value is -2.58. The molecule has 0 spiro atoms. The van der Waals surface area contributed by atoms with Gasteiger partial charge in [-0.05, 0) is 11.1 Å². The Bertz CT molecular complexity index is 520. The number of rotatable bonds is 3. The van der Waals surface area contributed by atoms with Gasteiger partial charge in [0, 0.05) is 0 Å². The minimum atomic E-state index is -0.432. The van der Waals surface area contributed by atoms with E-state index in [1.54, 1.807) is 0 Å². The average Bonchev–Trinajstić information content (AvgIpc) is 2.46. The Morgan fingerprint density at radius 2 is 0.944 bits per heavy atom. The van der Waals surface area contributed by atoms with Crippen molar-refractivity contribution in [2.45, 2.75) is 11.8 Å². The minimum Gasteiger partial charge on any atom is -0.198 e. The average molecular weight is 232 g/mol. The molecule has 0 unspecified atom stereocenters. The number of hydrogen-bond acceptors (Lipinski definition) is 2. The highest BCUT2D eigenvalue weighted by atomic mass is 14.4. The van der Waals surface area contributed by atoms with Crippen LogP contribution in [-0.2, 0) is 0 Å². The normalized spacial score (nSPS) is 13.0. The van der Waals surface area contributed by atoms with Crippen LogP contribution in [0.2, 0.25) is 0 Å². The van der Waals surface area contributed by atoms with E-state index in [1.807, 2.05) is 60.7 Å². The fourth-order valence-electron chi connectivity index (χ4n) is 2.00. The fourth-order valence-corrected chi connectivity index (χ4v) is 2.00. The number of hydrogen-bond donors (Lipinski definition) is 0. The molecule has 2 rings (SSSR count). The van der Waals surface area contributed by atoms with Crippen molar-refractivity contribution in [2.75, 3.05) is 0 Å². The van der Waals surface area contributed by atoms with E-state index < -0.39 is 11.8 Å². The lowest BCUT2D eigenvalue weighted by Crippen LogP contribution is -2.08. The van der Waals surface area contributed by atoms with Crippen LogP contribution in [0.1, 0.15) is 23.0 Å². The molecular formula is C16H12N2. The Kier molecular flexibility index (Phi) is 3.74. The van der Waals surface area contributed by atoms with Gasteiger partial charge in [0.2, 0.25) is 0 Å². The van der Waals surface area contributed by atoms with Crippen molar-refractivity contribution in [2.24, 2.45) is 0 Å². The quantitative estimate of drug-likeness (QED) is 0.811. The van der Waals surface area contributed by atoms with E-state index in [0.29, 0.717) is 0 Å². The first-order valence-electron chi connectivity index (χ1n) is 5.76. The van der Waals surface area contributed by atoms with Crippen molar-refractivity contribution >= 4 is 0 Å². The second-order valence-corrected chi connectivity index (χ2v) is 4.03. The van der Waals surface area contributed by atoms with Crippen LogP contribution in [0.4, 0.5) is 0 Å². The zero-order valence-electron chi connectivity index (χ0n) is 9.82. The van der Waals surface area contributed by atoms with Gasteiger partial charge in [-0.15, -0.1) is 0 Å². The summed E-state index contributed by atoms with van der Waals surface area (Å²) < 4.78 is 0. The van der Waals surface area contributed by atoms with Crippen LogP contribution < -0.4 is 0 Å². The molecule has 0 aliphatic carbocycles. The molecule has 0 amide bonds. The molecular weight excluding hydrogens is 220 g/mol. The maximum Gasteiger partial charge on any atom is 0.0911 e. The SMILES string of the molecule is N#C[C@H](c1ccccc1)[C@H](C#N)c1ccccc1. The highest BCUT2D eigenvalue weighted by molar-refractivity contribution is 5.36. The molecule has 2 nitrogen and oxygen atoms in total. The summed E-state index contributed by atoms with van der Waals surface area (Å²) in [4.78, 5) is 0. The van der Waals surface area contributed by atoms with Gasteiger partial charge < -0.3 is 0 Å². The van der Waals surface area contributed by atoms with Gasteiger partial charge >= 0.3 is 0 Å². The van der Waals surface area contributed by atoms with Gasteiger partial charge in [-0.1, -0.05) is 60.7 Å². The summed E-state index contributed by atoms with van der Waals surface area (Å²) >= 11 is 0. The van der Waals surface area contributed by atoms with E-state index in [-0.39, 0.29) is 0 Å². The first-order valence-corrected chi connectivity index (χ1v) is 5.76. The predicted octanol–water partition coefficient (Wildman–Crippen LogP) is 3.60. The summed E-state index contributed by atoms with van der Waals surface area (Å²) in [6.07, 6.45) is 0. The standard InChI is InChI=1S/C16H12N2/c17-11-15(13-7-3-1-4-8-13)16(12-18)14-9-5-2-6-10-14/h1-10,15-16H/t15-,16-/m1/s1. The highest BCUT2D eigenvalue weighted by Gasteiger charge is 2.24. The number of benzene rings is 2. The molecule has 0 radical (unpaired) electrons. The van der Waals surface area contributed by atoms with Crippen molar-refractivity contribution in [3.63, 3.8) is 0 Å². The lowest BCUT2D eigenvalue weighted by atomic mass is 9.83. The zero-order chi connectivity index (χ0) is 12.8. The van der Waals surface area contributed by atoms with Crippen LogP contribution in [0.15, 0.2) is 60.7 Å². The summed E-state index contributed by atoms with van der Waals surface area (Å²) in [7, 11) is 0. The molecule has 0 bridgehead atoms. The van der Waals surface area contributed by atoms with Crippen LogP contribution in [-0.4, -0.2) is 0 Å². The Balaban J connectivity index is 2.39. The maximum absolute atomic E-state index is 9.34. The van der Waals surface area contributed by atoms with E-state index in [1.165, 1.54) is 0 Å². The monoisotopic (exact) mass is 232 g/mol. The molecule has 0 saturated carbocycles. The largest absolute Gasteiger partial charge is 0.198 e. The Morgan fingerprint density at radius 3 is 1.22 bits per heavy atom. The van der Waals surface area contributed by atoms with Crippen molar-refractivity contribution in [1.82, 2.24) is 0 Å². The van der Waals surface area contributed by atoms with E-state index in [0.717, 1.165) is 11.1 Å². The molecule has 0 aliphatic rings. The second-order valence-electron chi connectivity index (χ2n) is 4.03. The van der Waals surface area contributed by atoms with E-state index in [9.17, 15) is 10.5 Å². The highest BCUT2D eigenvalue weighted by Crippen LogP contribution is 2.31. The fraction of sp³-hybridized carbons (Fsp3) is 0.125. The van der Waals surface area contributed by atoms with Gasteiger partial charge in [0.25, 0.3) is 0 Å². The Labute approximate surface area is 107 Å². The van der Waals surface area contributed by atoms with Crippen molar-refractivity contribution in [1.29, 1.82) is 10.5 Å². The Morgan fingerprint density at radius 1 is 0.611 bits per heavy atom. The van der Waals surface area contributed by atoms with Gasteiger partial charge in [-0.3, -0.25) is 0 Å². The molecule has 18 heavy (non-hydrogen) atoms. The third-order valence-corrected chi connectivity index (χ3v) is 2.93. The van der Waals surface area contributed by atoms with Gasteiger partial charge in [0.05, 0.1) is 24.0 Å². The van der Waals surface area contributed by atoms with Crippen LogP contribution in [0.3, 0.4) is 0 Å². The molecule has 2 heteroatoms. The van der Waals surface area contributed by atoms with Crippen molar-refractivity contribution < 1.29 is 0 Å². The first-order chi connectivity index (χ1) is 8.86. The molecule has 2 aromatic carbocycles. The van der Waals surface area contributed by atoms with Crippen LogP contribution in [0, 0.1) is 22.7 Å². The summed E-state index contributed by atoms with van der Waals surface area (Å²) in [5.74, 6) is -0.864. The summed E-state index contributed by atoms with van der Waals surface area (Å²) in [6, 6.07) is 23.4. The summed E-state index contributed by atoms with van der Waals surface area (Å²) in [5, 5.41) is 18.7. The maximum atomic E-state index is 9.34. The smallest absolute Gasteiger partial charge is 0.0911 e. The molecule has 0 aromatic heterocycles. The molecule has 0 fully saturated rings. The van der Waals surface area contributed by atoms with E-state index >= 15 is 0 Å². The molecule has 2 atom stereocenters.